The van der Waals surface area contributed by atoms with E-state index in [9.17, 15) is 0 Å². The first kappa shape index (κ1) is 18.0. The summed E-state index contributed by atoms with van der Waals surface area (Å²) in [4.78, 5) is 2.43. The summed E-state index contributed by atoms with van der Waals surface area (Å²) >= 11 is 0. The molecule has 0 saturated carbocycles. The fourth-order valence-electron chi connectivity index (χ4n) is 2.54. The summed E-state index contributed by atoms with van der Waals surface area (Å²) in [5, 5.41) is 3.59. The van der Waals surface area contributed by atoms with Crippen molar-refractivity contribution in [1.29, 1.82) is 0 Å². The van der Waals surface area contributed by atoms with E-state index in [1.54, 1.807) is 0 Å². The Kier molecular flexibility index (Phi) is 8.40. The Bertz CT molecular complexity index is 377. The molecular formula is C18H32N2O. The number of likely N-dealkylation sites (N-methyl/N-ethyl adjacent to an activating group) is 2. The molecule has 1 aromatic carbocycles. The van der Waals surface area contributed by atoms with E-state index in [0.29, 0.717) is 12.6 Å². The molecule has 0 saturated heterocycles. The van der Waals surface area contributed by atoms with Crippen LogP contribution in [0.25, 0.3) is 0 Å². The average Bonchev–Trinajstić information content (AvgIpc) is 2.47. The predicted molar refractivity (Wildman–Crippen MR) is 91.0 cm³/mol. The Labute approximate surface area is 130 Å². The highest BCUT2D eigenvalue weighted by Crippen LogP contribution is 2.19. The monoisotopic (exact) mass is 292 g/mol. The van der Waals surface area contributed by atoms with Crippen molar-refractivity contribution in [2.45, 2.75) is 40.2 Å². The SMILES string of the molecule is CCNC(CN(C)CC(C)CC)c1ccc(OCC)cc1. The molecule has 3 nitrogen and oxygen atoms in total. The fraction of sp³-hybridized carbons (Fsp3) is 0.667. The Morgan fingerprint density at radius 1 is 1.10 bits per heavy atom. The van der Waals surface area contributed by atoms with Crippen molar-refractivity contribution < 1.29 is 4.74 Å². The molecular weight excluding hydrogens is 260 g/mol. The second-order valence-electron chi connectivity index (χ2n) is 5.85. The summed E-state index contributed by atoms with van der Waals surface area (Å²) in [6, 6.07) is 8.86. The predicted octanol–water partition coefficient (Wildman–Crippen LogP) is 3.71. The fourth-order valence-corrected chi connectivity index (χ4v) is 2.54. The van der Waals surface area contributed by atoms with Crippen molar-refractivity contribution in [3.05, 3.63) is 29.8 Å². The van der Waals surface area contributed by atoms with Crippen LogP contribution in [0.5, 0.6) is 5.75 Å². The summed E-state index contributed by atoms with van der Waals surface area (Å²) in [6.45, 7) is 12.6. The highest BCUT2D eigenvalue weighted by molar-refractivity contribution is 5.29. The molecule has 0 radical (unpaired) electrons. The number of benzene rings is 1. The number of rotatable bonds is 10. The van der Waals surface area contributed by atoms with E-state index in [0.717, 1.165) is 31.3 Å². The van der Waals surface area contributed by atoms with Gasteiger partial charge in [0.05, 0.1) is 6.61 Å². The maximum Gasteiger partial charge on any atom is 0.119 e. The van der Waals surface area contributed by atoms with Crippen LogP contribution in [-0.4, -0.2) is 38.2 Å². The molecule has 2 atom stereocenters. The summed E-state index contributed by atoms with van der Waals surface area (Å²) in [5.41, 5.74) is 1.33. The van der Waals surface area contributed by atoms with Crippen LogP contribution in [0.4, 0.5) is 0 Å². The quantitative estimate of drug-likeness (QED) is 0.711. The van der Waals surface area contributed by atoms with Gasteiger partial charge in [0.25, 0.3) is 0 Å². The highest BCUT2D eigenvalue weighted by Gasteiger charge is 2.14. The zero-order valence-electron chi connectivity index (χ0n) is 14.4. The standard InChI is InChI=1S/C18H32N2O/c1-6-15(4)13-20(5)14-18(19-7-2)16-9-11-17(12-10-16)21-8-3/h9-12,15,18-19H,6-8,13-14H2,1-5H3. The van der Waals surface area contributed by atoms with Gasteiger partial charge < -0.3 is 15.0 Å². The zero-order valence-corrected chi connectivity index (χ0v) is 14.4. The molecule has 120 valence electrons. The molecule has 1 rings (SSSR count). The van der Waals surface area contributed by atoms with Crippen LogP contribution < -0.4 is 10.1 Å². The molecule has 1 aromatic rings. The normalized spacial score (nSPS) is 14.2. The Morgan fingerprint density at radius 2 is 1.76 bits per heavy atom. The van der Waals surface area contributed by atoms with Crippen LogP contribution in [-0.2, 0) is 0 Å². The molecule has 0 aliphatic rings. The van der Waals surface area contributed by atoms with Gasteiger partial charge in [-0.3, -0.25) is 0 Å². The number of ether oxygens (including phenoxy) is 1. The van der Waals surface area contributed by atoms with Gasteiger partial charge in [-0.05, 0) is 44.1 Å². The topological polar surface area (TPSA) is 24.5 Å². The molecule has 0 aliphatic carbocycles. The van der Waals surface area contributed by atoms with Crippen molar-refractivity contribution >= 4 is 0 Å². The van der Waals surface area contributed by atoms with Gasteiger partial charge in [0.2, 0.25) is 0 Å². The zero-order chi connectivity index (χ0) is 15.7. The van der Waals surface area contributed by atoms with Gasteiger partial charge in [0.1, 0.15) is 5.75 Å². The van der Waals surface area contributed by atoms with Crippen molar-refractivity contribution in [3.8, 4) is 5.75 Å². The third-order valence-corrected chi connectivity index (χ3v) is 3.86. The van der Waals surface area contributed by atoms with Crippen LogP contribution in [0, 0.1) is 5.92 Å². The van der Waals surface area contributed by atoms with Crippen LogP contribution in [0.1, 0.15) is 45.7 Å². The van der Waals surface area contributed by atoms with E-state index < -0.39 is 0 Å². The van der Waals surface area contributed by atoms with E-state index in [2.05, 4.69) is 62.3 Å². The van der Waals surface area contributed by atoms with Gasteiger partial charge >= 0.3 is 0 Å². The summed E-state index contributed by atoms with van der Waals surface area (Å²) in [6.07, 6.45) is 1.24. The summed E-state index contributed by atoms with van der Waals surface area (Å²) in [7, 11) is 2.21. The van der Waals surface area contributed by atoms with Crippen molar-refractivity contribution in [2.75, 3.05) is 33.3 Å². The lowest BCUT2D eigenvalue weighted by atomic mass is 10.0. The van der Waals surface area contributed by atoms with Crippen LogP contribution in [0.15, 0.2) is 24.3 Å². The van der Waals surface area contributed by atoms with E-state index in [1.165, 1.54) is 12.0 Å². The van der Waals surface area contributed by atoms with Gasteiger partial charge in [0.15, 0.2) is 0 Å². The third kappa shape index (κ3) is 6.49. The average molecular weight is 292 g/mol. The van der Waals surface area contributed by atoms with E-state index in [4.69, 9.17) is 4.74 Å². The second-order valence-corrected chi connectivity index (χ2v) is 5.85. The Morgan fingerprint density at radius 3 is 2.29 bits per heavy atom. The first-order chi connectivity index (χ1) is 10.1. The number of hydrogen-bond donors (Lipinski definition) is 1. The lowest BCUT2D eigenvalue weighted by Crippen LogP contribution is -2.35. The van der Waals surface area contributed by atoms with Crippen LogP contribution in [0.2, 0.25) is 0 Å². The molecule has 1 N–H and O–H groups in total. The molecule has 21 heavy (non-hydrogen) atoms. The van der Waals surface area contributed by atoms with E-state index in [-0.39, 0.29) is 0 Å². The van der Waals surface area contributed by atoms with Gasteiger partial charge in [-0.15, -0.1) is 0 Å². The maximum absolute atomic E-state index is 5.52. The van der Waals surface area contributed by atoms with Gasteiger partial charge in [-0.25, -0.2) is 0 Å². The number of nitrogens with one attached hydrogen (secondary N) is 1. The third-order valence-electron chi connectivity index (χ3n) is 3.86. The highest BCUT2D eigenvalue weighted by atomic mass is 16.5. The Hall–Kier alpha value is -1.06. The lowest BCUT2D eigenvalue weighted by molar-refractivity contribution is 0.253. The lowest BCUT2D eigenvalue weighted by Gasteiger charge is -2.27. The minimum absolute atomic E-state index is 0.375. The smallest absolute Gasteiger partial charge is 0.119 e. The first-order valence-corrected chi connectivity index (χ1v) is 8.25. The molecule has 3 heteroatoms. The molecule has 2 unspecified atom stereocenters. The van der Waals surface area contributed by atoms with Crippen molar-refractivity contribution in [2.24, 2.45) is 5.92 Å². The minimum atomic E-state index is 0.375. The van der Waals surface area contributed by atoms with Crippen molar-refractivity contribution in [3.63, 3.8) is 0 Å². The van der Waals surface area contributed by atoms with Gasteiger partial charge in [-0.1, -0.05) is 39.3 Å². The molecule has 0 aromatic heterocycles. The van der Waals surface area contributed by atoms with Crippen LogP contribution >= 0.6 is 0 Å². The molecule has 0 bridgehead atoms. The van der Waals surface area contributed by atoms with Crippen molar-refractivity contribution in [1.82, 2.24) is 10.2 Å². The molecule has 0 heterocycles. The molecule has 0 spiro atoms. The summed E-state index contributed by atoms with van der Waals surface area (Å²) < 4.78 is 5.52. The maximum atomic E-state index is 5.52. The molecule has 0 fully saturated rings. The first-order valence-electron chi connectivity index (χ1n) is 8.25. The molecule has 0 aliphatic heterocycles. The Balaban J connectivity index is 2.67. The van der Waals surface area contributed by atoms with Gasteiger partial charge in [0, 0.05) is 19.1 Å². The number of nitrogens with zero attached hydrogens (tertiary/aromatic N) is 1. The van der Waals surface area contributed by atoms with Crippen LogP contribution in [0.3, 0.4) is 0 Å². The second kappa shape index (κ2) is 9.80. The van der Waals surface area contributed by atoms with E-state index in [1.807, 2.05) is 6.92 Å². The largest absolute Gasteiger partial charge is 0.494 e. The van der Waals surface area contributed by atoms with Gasteiger partial charge in [-0.2, -0.15) is 0 Å². The molecule has 0 amide bonds. The van der Waals surface area contributed by atoms with E-state index >= 15 is 0 Å². The minimum Gasteiger partial charge on any atom is -0.494 e. The number of hydrogen-bond acceptors (Lipinski definition) is 3. The summed E-state index contributed by atoms with van der Waals surface area (Å²) in [5.74, 6) is 1.70.